The van der Waals surface area contributed by atoms with E-state index in [1.165, 1.54) is 12.1 Å². The summed E-state index contributed by atoms with van der Waals surface area (Å²) in [7, 11) is 0. The van der Waals surface area contributed by atoms with E-state index in [0.717, 1.165) is 45.6 Å². The van der Waals surface area contributed by atoms with E-state index < -0.39 is 6.43 Å². The zero-order chi connectivity index (χ0) is 25.5. The van der Waals surface area contributed by atoms with Crippen molar-refractivity contribution in [2.24, 2.45) is 0 Å². The largest absolute Gasteiger partial charge is 0.380 e. The van der Waals surface area contributed by atoms with Crippen molar-refractivity contribution in [2.75, 3.05) is 54.9 Å². The topological polar surface area (TPSA) is 107 Å². The number of rotatable bonds is 7. The van der Waals surface area contributed by atoms with Gasteiger partial charge >= 0.3 is 0 Å². The molecule has 2 N–H and O–H groups in total. The van der Waals surface area contributed by atoms with Crippen molar-refractivity contribution in [1.29, 1.82) is 5.26 Å². The van der Waals surface area contributed by atoms with Gasteiger partial charge in [0.25, 0.3) is 6.43 Å². The molecule has 1 saturated carbocycles. The van der Waals surface area contributed by atoms with Crippen molar-refractivity contribution in [3.8, 4) is 6.07 Å². The second-order valence-electron chi connectivity index (χ2n) is 9.57. The molecule has 3 aromatic rings. The molecule has 0 amide bonds. The molecule has 1 unspecified atom stereocenters. The van der Waals surface area contributed by atoms with Crippen LogP contribution < -0.4 is 15.5 Å². The average molecular weight is 530 g/mol. The maximum Gasteiger partial charge on any atom is 0.264 e. The molecule has 0 bridgehead atoms. The molecule has 194 valence electrons. The number of piperazine rings is 1. The summed E-state index contributed by atoms with van der Waals surface area (Å²) in [5.41, 5.74) is 0.899. The van der Waals surface area contributed by atoms with Gasteiger partial charge in [-0.05, 0) is 31.4 Å². The molecule has 13 heteroatoms. The van der Waals surface area contributed by atoms with Gasteiger partial charge in [-0.3, -0.25) is 9.30 Å². The Bertz CT molecular complexity index is 1340. The third-order valence-electron chi connectivity index (χ3n) is 7.01. The van der Waals surface area contributed by atoms with Crippen LogP contribution in [-0.4, -0.2) is 75.7 Å². The van der Waals surface area contributed by atoms with Gasteiger partial charge in [-0.15, -0.1) is 0 Å². The maximum absolute atomic E-state index is 13.9. The summed E-state index contributed by atoms with van der Waals surface area (Å²) in [5.74, 6) is 0.888. The molecular weight excluding hydrogens is 504 g/mol. The third-order valence-corrected chi connectivity index (χ3v) is 7.41. The quantitative estimate of drug-likeness (QED) is 0.472. The molecule has 37 heavy (non-hydrogen) atoms. The Balaban J connectivity index is 1.30. The van der Waals surface area contributed by atoms with Gasteiger partial charge in [0, 0.05) is 50.4 Å². The summed E-state index contributed by atoms with van der Waals surface area (Å²) in [6.45, 7) is 4.48. The molecule has 1 atom stereocenters. The van der Waals surface area contributed by atoms with E-state index in [2.05, 4.69) is 30.5 Å². The fourth-order valence-electron chi connectivity index (χ4n) is 4.84. The van der Waals surface area contributed by atoms with Gasteiger partial charge in [0.05, 0.1) is 29.2 Å². The Morgan fingerprint density at radius 1 is 1.11 bits per heavy atom. The number of nitrogens with one attached hydrogen (secondary N) is 2. The van der Waals surface area contributed by atoms with Crippen molar-refractivity contribution in [2.45, 2.75) is 37.8 Å². The number of ether oxygens (including phenoxy) is 1. The maximum atomic E-state index is 13.9. The van der Waals surface area contributed by atoms with Gasteiger partial charge in [0.15, 0.2) is 5.69 Å². The van der Waals surface area contributed by atoms with E-state index in [4.69, 9.17) is 16.3 Å². The predicted molar refractivity (Wildman–Crippen MR) is 135 cm³/mol. The zero-order valence-corrected chi connectivity index (χ0v) is 20.8. The van der Waals surface area contributed by atoms with Gasteiger partial charge in [0.2, 0.25) is 17.7 Å². The minimum atomic E-state index is -2.67. The highest BCUT2D eigenvalue weighted by Crippen LogP contribution is 2.39. The number of nitriles is 1. The monoisotopic (exact) mass is 529 g/mol. The highest BCUT2D eigenvalue weighted by Gasteiger charge is 2.29. The fraction of sp³-hybridized carbons (Fsp3) is 0.500. The number of imidazole rings is 1. The van der Waals surface area contributed by atoms with Crippen LogP contribution in [0.4, 0.5) is 32.1 Å². The molecule has 1 aromatic carbocycles. The van der Waals surface area contributed by atoms with E-state index in [1.807, 2.05) is 11.0 Å². The molecular formula is C24H26ClF2N9O. The lowest BCUT2D eigenvalue weighted by molar-refractivity contribution is 0.139. The second kappa shape index (κ2) is 9.89. The number of nitrogens with zero attached hydrogens (tertiary/aromatic N) is 7. The molecule has 3 aliphatic rings. The van der Waals surface area contributed by atoms with Crippen LogP contribution in [0, 0.1) is 11.3 Å². The summed E-state index contributed by atoms with van der Waals surface area (Å²) < 4.78 is 34.9. The van der Waals surface area contributed by atoms with Crippen LogP contribution in [-0.2, 0) is 4.74 Å². The third kappa shape index (κ3) is 4.99. The molecule has 2 aromatic heterocycles. The van der Waals surface area contributed by atoms with Gasteiger partial charge in [-0.1, -0.05) is 11.6 Å². The first-order valence-corrected chi connectivity index (χ1v) is 12.8. The molecule has 6 rings (SSSR count). The normalized spacial score (nSPS) is 20.5. The molecule has 0 radical (unpaired) electrons. The van der Waals surface area contributed by atoms with Crippen LogP contribution >= 0.6 is 11.6 Å². The van der Waals surface area contributed by atoms with Crippen LogP contribution in [0.15, 0.2) is 18.3 Å². The Kier molecular flexibility index (Phi) is 6.44. The standard InChI is InChI=1S/C24H26ClF2N9O/c25-20-18(31-22-32-23(29-15-1-2-15)36-12-16(11-28)30-24(36)33-22)9-14(21(26)27)10-19(20)35-6-4-34(5-7-35)17-3-8-37-13-17/h9-10,12,15,17,21H,1-8,13H2,(H2,29,30,31,32,33). The van der Waals surface area contributed by atoms with Gasteiger partial charge in [-0.2, -0.15) is 20.2 Å². The van der Waals surface area contributed by atoms with E-state index >= 15 is 0 Å². The van der Waals surface area contributed by atoms with Crippen molar-refractivity contribution in [3.05, 3.63) is 34.6 Å². The molecule has 10 nitrogen and oxygen atoms in total. The Morgan fingerprint density at radius 3 is 2.59 bits per heavy atom. The Morgan fingerprint density at radius 2 is 1.92 bits per heavy atom. The van der Waals surface area contributed by atoms with Crippen molar-refractivity contribution < 1.29 is 13.5 Å². The zero-order valence-electron chi connectivity index (χ0n) is 20.0. The van der Waals surface area contributed by atoms with E-state index in [0.29, 0.717) is 35.8 Å². The van der Waals surface area contributed by atoms with E-state index in [9.17, 15) is 14.0 Å². The van der Waals surface area contributed by atoms with Crippen LogP contribution in [0.1, 0.15) is 36.9 Å². The van der Waals surface area contributed by atoms with Crippen LogP contribution in [0.3, 0.4) is 0 Å². The highest BCUT2D eigenvalue weighted by atomic mass is 35.5. The first-order chi connectivity index (χ1) is 18.0. The van der Waals surface area contributed by atoms with Crippen molar-refractivity contribution in [1.82, 2.24) is 24.3 Å². The summed E-state index contributed by atoms with van der Waals surface area (Å²) in [6.07, 6.45) is 1.93. The van der Waals surface area contributed by atoms with Crippen molar-refractivity contribution >= 4 is 40.7 Å². The highest BCUT2D eigenvalue weighted by molar-refractivity contribution is 6.36. The molecule has 2 saturated heterocycles. The first kappa shape index (κ1) is 24.1. The average Bonchev–Trinajstić information content (AvgIpc) is 3.37. The lowest BCUT2D eigenvalue weighted by Crippen LogP contribution is -2.50. The number of fused-ring (bicyclic) bond motifs is 1. The number of anilines is 4. The summed E-state index contributed by atoms with van der Waals surface area (Å²) >= 11 is 6.79. The second-order valence-corrected chi connectivity index (χ2v) is 9.94. The number of aromatic nitrogens is 4. The number of hydrogen-bond donors (Lipinski definition) is 2. The van der Waals surface area contributed by atoms with Crippen LogP contribution in [0.25, 0.3) is 5.78 Å². The Hall–Kier alpha value is -3.27. The molecule has 3 fully saturated rings. The smallest absolute Gasteiger partial charge is 0.264 e. The predicted octanol–water partition coefficient (Wildman–Crippen LogP) is 3.82. The lowest BCUT2D eigenvalue weighted by Gasteiger charge is -2.39. The molecule has 0 spiro atoms. The summed E-state index contributed by atoms with van der Waals surface area (Å²) in [4.78, 5) is 17.6. The number of benzene rings is 1. The van der Waals surface area contributed by atoms with Gasteiger partial charge in [-0.25, -0.2) is 8.78 Å². The first-order valence-electron chi connectivity index (χ1n) is 12.4. The van der Waals surface area contributed by atoms with E-state index in [-0.39, 0.29) is 34.7 Å². The Labute approximate surface area is 217 Å². The van der Waals surface area contributed by atoms with Crippen LogP contribution in [0.2, 0.25) is 5.02 Å². The van der Waals surface area contributed by atoms with Crippen molar-refractivity contribution in [3.63, 3.8) is 0 Å². The number of halogens is 3. The van der Waals surface area contributed by atoms with Crippen LogP contribution in [0.5, 0.6) is 0 Å². The molecule has 4 heterocycles. The summed E-state index contributed by atoms with van der Waals surface area (Å²) in [5, 5.41) is 15.9. The minimum Gasteiger partial charge on any atom is -0.380 e. The van der Waals surface area contributed by atoms with Gasteiger partial charge in [0.1, 0.15) is 6.07 Å². The minimum absolute atomic E-state index is 0.140. The summed E-state index contributed by atoms with van der Waals surface area (Å²) in [6, 6.07) is 5.50. The molecule has 1 aliphatic carbocycles. The lowest BCUT2D eigenvalue weighted by atomic mass is 10.1. The SMILES string of the molecule is N#Cc1cn2c(NC3CC3)nc(Nc3cc(C(F)F)cc(N4CCN(C5CCOC5)CC4)c3Cl)nc2n1. The van der Waals surface area contributed by atoms with Gasteiger partial charge < -0.3 is 20.3 Å². The molecule has 2 aliphatic heterocycles. The number of alkyl halides is 2. The van der Waals surface area contributed by atoms with E-state index in [1.54, 1.807) is 10.6 Å². The number of hydrogen-bond acceptors (Lipinski definition) is 9. The fourth-order valence-corrected chi connectivity index (χ4v) is 5.11.